The van der Waals surface area contributed by atoms with Crippen molar-refractivity contribution >= 4 is 48.7 Å². The number of sulfonamides is 1. The second-order valence-corrected chi connectivity index (χ2v) is 13.0. The highest BCUT2D eigenvalue weighted by Gasteiger charge is 2.41. The van der Waals surface area contributed by atoms with E-state index in [-0.39, 0.29) is 44.3 Å². The van der Waals surface area contributed by atoms with Gasteiger partial charge in [-0.25, -0.2) is 23.2 Å². The summed E-state index contributed by atoms with van der Waals surface area (Å²) >= 11 is 1.12. The fraction of sp³-hybridized carbons (Fsp3) is 0.321. The van der Waals surface area contributed by atoms with Gasteiger partial charge in [0.15, 0.2) is 10.8 Å². The minimum absolute atomic E-state index is 0.0247. The number of aromatic nitrogens is 3. The van der Waals surface area contributed by atoms with Crippen molar-refractivity contribution in [3.63, 3.8) is 0 Å². The smallest absolute Gasteiger partial charge is 0.460 e. The third kappa shape index (κ3) is 8.83. The molecular weight excluding hydrogens is 710 g/mol. The molecule has 0 unspecified atom stereocenters. The van der Waals surface area contributed by atoms with E-state index in [1.807, 2.05) is 0 Å². The molecule has 3 heterocycles. The molecule has 1 N–H and O–H groups in total. The largest absolute Gasteiger partial charge is 0.573 e. The number of hydrogen-bond acceptors (Lipinski definition) is 12. The van der Waals surface area contributed by atoms with Gasteiger partial charge in [-0.15, -0.1) is 26.3 Å². The molecule has 1 aliphatic rings. The van der Waals surface area contributed by atoms with Gasteiger partial charge in [0, 0.05) is 26.2 Å². The topological polar surface area (TPSA) is 153 Å². The van der Waals surface area contributed by atoms with E-state index in [1.165, 1.54) is 18.3 Å². The van der Waals surface area contributed by atoms with Crippen LogP contribution in [0.2, 0.25) is 0 Å². The third-order valence-electron chi connectivity index (χ3n) is 6.79. The van der Waals surface area contributed by atoms with Crippen LogP contribution < -0.4 is 19.7 Å². The van der Waals surface area contributed by atoms with Crippen LogP contribution >= 0.6 is 11.3 Å². The van der Waals surface area contributed by atoms with Crippen LogP contribution in [0.5, 0.6) is 11.5 Å². The molecule has 0 aliphatic carbocycles. The number of fused-ring (bicyclic) bond motifs is 1. The van der Waals surface area contributed by atoms with Crippen molar-refractivity contribution in [3.8, 4) is 11.5 Å². The number of carbonyl (C=O) groups excluding carboxylic acids is 2. The van der Waals surface area contributed by atoms with Crippen LogP contribution in [-0.4, -0.2) is 84.6 Å². The summed E-state index contributed by atoms with van der Waals surface area (Å²) in [6.45, 7) is 1.03. The van der Waals surface area contributed by atoms with Gasteiger partial charge in [0.25, 0.3) is 0 Å². The Morgan fingerprint density at radius 3 is 2.14 bits per heavy atom. The second kappa shape index (κ2) is 14.0. The lowest BCUT2D eigenvalue weighted by Gasteiger charge is -2.39. The standard InChI is InChI=1S/C28H24F6N6O7S2/c1-2-45-25(42)23-35-14-21-22(37-23)38-26(48-21)39-11-12-40(49(43,44)19-9-7-18(8-10-19)47-28(32,33)34)20(15-39)24(41)36-13-16-3-5-17(6-4-16)46-27(29,30)31/h3-10,14,20H,2,11-13,15H2,1H3,(H,36,41)/t20-/m1/s1. The van der Waals surface area contributed by atoms with Crippen LogP contribution in [0, 0.1) is 0 Å². The van der Waals surface area contributed by atoms with E-state index in [2.05, 4.69) is 29.7 Å². The Kier molecular flexibility index (Phi) is 10.2. The lowest BCUT2D eigenvalue weighted by Crippen LogP contribution is -2.60. The Morgan fingerprint density at radius 2 is 1.55 bits per heavy atom. The Bertz CT molecular complexity index is 1920. The van der Waals surface area contributed by atoms with Crippen molar-refractivity contribution in [3.05, 3.63) is 66.1 Å². The molecule has 1 fully saturated rings. The first-order valence-electron chi connectivity index (χ1n) is 14.1. The molecule has 0 radical (unpaired) electrons. The molecule has 0 spiro atoms. The first-order chi connectivity index (χ1) is 23.0. The van der Waals surface area contributed by atoms with Crippen LogP contribution in [0.15, 0.2) is 59.6 Å². The van der Waals surface area contributed by atoms with Crippen LogP contribution in [0.1, 0.15) is 23.1 Å². The van der Waals surface area contributed by atoms with Crippen LogP contribution in [-0.2, 0) is 26.1 Å². The predicted molar refractivity (Wildman–Crippen MR) is 159 cm³/mol. The normalized spacial score (nSPS) is 16.0. The highest BCUT2D eigenvalue weighted by molar-refractivity contribution is 7.89. The second-order valence-electron chi connectivity index (χ2n) is 10.1. The number of alkyl halides is 6. The highest BCUT2D eigenvalue weighted by Crippen LogP contribution is 2.32. The zero-order valence-corrected chi connectivity index (χ0v) is 26.6. The minimum atomic E-state index is -5.00. The maximum absolute atomic E-state index is 13.7. The Morgan fingerprint density at radius 1 is 0.939 bits per heavy atom. The summed E-state index contributed by atoms with van der Waals surface area (Å²) in [4.78, 5) is 39.4. The van der Waals surface area contributed by atoms with Gasteiger partial charge in [-0.1, -0.05) is 23.5 Å². The fourth-order valence-electron chi connectivity index (χ4n) is 4.66. The SMILES string of the molecule is CCOC(=O)c1ncc2sc(N3CCN(S(=O)(=O)c4ccc(OC(F)(F)F)cc4)[C@@H](C(=O)NCc4ccc(OC(F)(F)F)cc4)C3)nc2n1. The number of amides is 1. The molecule has 1 amide bonds. The number of thiazole rings is 1. The van der Waals surface area contributed by atoms with E-state index >= 15 is 0 Å². The lowest BCUT2D eigenvalue weighted by atomic mass is 10.1. The summed E-state index contributed by atoms with van der Waals surface area (Å²) in [7, 11) is -4.48. The van der Waals surface area contributed by atoms with Crippen LogP contribution in [0.4, 0.5) is 31.5 Å². The maximum atomic E-state index is 13.7. The minimum Gasteiger partial charge on any atom is -0.460 e. The van der Waals surface area contributed by atoms with E-state index in [0.717, 1.165) is 52.0 Å². The molecule has 13 nitrogen and oxygen atoms in total. The molecule has 0 bridgehead atoms. The Hall–Kier alpha value is -4.76. The van der Waals surface area contributed by atoms with Gasteiger partial charge < -0.3 is 24.4 Å². The number of hydrogen-bond donors (Lipinski definition) is 1. The third-order valence-corrected chi connectivity index (χ3v) is 9.75. The van der Waals surface area contributed by atoms with E-state index in [4.69, 9.17) is 4.74 Å². The van der Waals surface area contributed by atoms with E-state index < -0.39 is 57.1 Å². The number of esters is 1. The first-order valence-corrected chi connectivity index (χ1v) is 16.3. The zero-order valence-electron chi connectivity index (χ0n) is 25.0. The molecule has 4 aromatic rings. The number of halogens is 6. The number of carbonyl (C=O) groups is 2. The molecule has 262 valence electrons. The van der Waals surface area contributed by atoms with Gasteiger partial charge in [0.05, 0.1) is 22.4 Å². The average molecular weight is 735 g/mol. The Labute approximate surface area is 277 Å². The quantitative estimate of drug-likeness (QED) is 0.184. The molecule has 5 rings (SSSR count). The summed E-state index contributed by atoms with van der Waals surface area (Å²) in [5.74, 6) is -2.89. The fourth-order valence-corrected chi connectivity index (χ4v) is 7.14. The lowest BCUT2D eigenvalue weighted by molar-refractivity contribution is -0.275. The number of piperazine rings is 1. The Balaban J connectivity index is 1.39. The van der Waals surface area contributed by atoms with Crippen LogP contribution in [0.25, 0.3) is 10.3 Å². The summed E-state index contributed by atoms with van der Waals surface area (Å²) in [5.41, 5.74) is 0.528. The van der Waals surface area contributed by atoms with Gasteiger partial charge in [-0.05, 0) is 48.9 Å². The van der Waals surface area contributed by atoms with Gasteiger partial charge in [-0.3, -0.25) is 4.79 Å². The monoisotopic (exact) mass is 734 g/mol. The van der Waals surface area contributed by atoms with Gasteiger partial charge in [-0.2, -0.15) is 9.29 Å². The van der Waals surface area contributed by atoms with Crippen molar-refractivity contribution in [1.29, 1.82) is 0 Å². The number of anilines is 1. The number of ether oxygens (including phenoxy) is 3. The maximum Gasteiger partial charge on any atom is 0.573 e. The highest BCUT2D eigenvalue weighted by atomic mass is 32.2. The zero-order chi connectivity index (χ0) is 35.6. The number of nitrogens with one attached hydrogen (secondary N) is 1. The van der Waals surface area contributed by atoms with Gasteiger partial charge in [0.1, 0.15) is 17.5 Å². The molecule has 1 atom stereocenters. The van der Waals surface area contributed by atoms with Gasteiger partial charge in [0.2, 0.25) is 21.8 Å². The molecular formula is C28H24F6N6O7S2. The van der Waals surface area contributed by atoms with E-state index in [1.54, 1.807) is 11.8 Å². The predicted octanol–water partition coefficient (Wildman–Crippen LogP) is 4.26. The molecule has 21 heteroatoms. The number of nitrogens with zero attached hydrogens (tertiary/aromatic N) is 5. The van der Waals surface area contributed by atoms with Crippen molar-refractivity contribution in [2.24, 2.45) is 0 Å². The molecule has 1 aliphatic heterocycles. The number of rotatable bonds is 10. The average Bonchev–Trinajstić information content (AvgIpc) is 3.47. The molecule has 2 aromatic carbocycles. The summed E-state index contributed by atoms with van der Waals surface area (Å²) < 4.78 is 117. The molecule has 2 aromatic heterocycles. The van der Waals surface area contributed by atoms with Gasteiger partial charge >= 0.3 is 18.7 Å². The van der Waals surface area contributed by atoms with Crippen LogP contribution in [0.3, 0.4) is 0 Å². The molecule has 1 saturated heterocycles. The van der Waals surface area contributed by atoms with Crippen molar-refractivity contribution in [1.82, 2.24) is 24.6 Å². The molecule has 49 heavy (non-hydrogen) atoms. The van der Waals surface area contributed by atoms with E-state index in [9.17, 15) is 44.3 Å². The summed E-state index contributed by atoms with van der Waals surface area (Å²) in [6, 6.07) is 6.71. The van der Waals surface area contributed by atoms with Crippen molar-refractivity contribution < 1.29 is 58.6 Å². The first kappa shape index (κ1) is 35.5. The number of benzene rings is 2. The molecule has 0 saturated carbocycles. The van der Waals surface area contributed by atoms with E-state index in [0.29, 0.717) is 15.4 Å². The summed E-state index contributed by atoms with van der Waals surface area (Å²) in [6.07, 6.45) is -8.53. The van der Waals surface area contributed by atoms with Crippen molar-refractivity contribution in [2.75, 3.05) is 31.1 Å². The summed E-state index contributed by atoms with van der Waals surface area (Å²) in [5, 5.41) is 2.91. The van der Waals surface area contributed by atoms with Crippen molar-refractivity contribution in [2.45, 2.75) is 37.1 Å².